The monoisotopic (exact) mass is 385 g/mol. The summed E-state index contributed by atoms with van der Waals surface area (Å²) in [6.45, 7) is 0.887. The maximum absolute atomic E-state index is 12.7. The van der Waals surface area contributed by atoms with E-state index in [-0.39, 0.29) is 24.5 Å². The summed E-state index contributed by atoms with van der Waals surface area (Å²) < 4.78 is 11.0. The summed E-state index contributed by atoms with van der Waals surface area (Å²) in [5, 5.41) is 8.56. The Kier molecular flexibility index (Phi) is 4.68. The molecule has 0 aromatic heterocycles. The van der Waals surface area contributed by atoms with Gasteiger partial charge in [0.05, 0.1) is 16.4 Å². The Morgan fingerprint density at radius 1 is 1.07 bits per heavy atom. The first-order valence-corrected chi connectivity index (χ1v) is 8.85. The fraction of sp³-hybridized carbons (Fsp3) is 0.211. The molecular weight excluding hydrogens is 370 g/mol. The Morgan fingerprint density at radius 2 is 1.78 bits per heavy atom. The van der Waals surface area contributed by atoms with Gasteiger partial charge in [0.1, 0.15) is 18.9 Å². The van der Waals surface area contributed by atoms with Crippen LogP contribution >= 0.6 is 11.6 Å². The molecule has 2 aromatic rings. The Hall–Kier alpha value is -3.06. The van der Waals surface area contributed by atoms with Crippen molar-refractivity contribution in [3.05, 3.63) is 47.5 Å². The number of carbonyl (C=O) groups is 2. The summed E-state index contributed by atoms with van der Waals surface area (Å²) >= 11 is 6.24. The minimum absolute atomic E-state index is 0.157. The van der Waals surface area contributed by atoms with Crippen molar-refractivity contribution in [2.45, 2.75) is 12.8 Å². The van der Waals surface area contributed by atoms with Gasteiger partial charge in [-0.15, -0.1) is 0 Å². The van der Waals surface area contributed by atoms with Gasteiger partial charge in [0.25, 0.3) is 5.91 Å². The summed E-state index contributed by atoms with van der Waals surface area (Å²) in [5.74, 6) is 0.491. The van der Waals surface area contributed by atoms with Gasteiger partial charge in [0.2, 0.25) is 5.91 Å². The third kappa shape index (κ3) is 3.59. The molecule has 4 rings (SSSR count). The first-order valence-electron chi connectivity index (χ1n) is 8.48. The summed E-state index contributed by atoms with van der Waals surface area (Å²) in [7, 11) is 0. The second-order valence-electron chi connectivity index (χ2n) is 6.02. The molecule has 2 aromatic carbocycles. The lowest BCUT2D eigenvalue weighted by molar-refractivity contribution is -0.118. The SMILES string of the molecule is O=C(Nc1cc2c(cc1Cl)OCCO2)C1=NN(c2ccccc2)C(=O)CC1. The molecule has 0 bridgehead atoms. The van der Waals surface area contributed by atoms with Crippen molar-refractivity contribution in [1.29, 1.82) is 0 Å². The number of rotatable bonds is 3. The van der Waals surface area contributed by atoms with Gasteiger partial charge in [-0.2, -0.15) is 5.10 Å². The quantitative estimate of drug-likeness (QED) is 0.879. The summed E-state index contributed by atoms with van der Waals surface area (Å²) in [5.41, 5.74) is 1.27. The van der Waals surface area contributed by atoms with Gasteiger partial charge in [0, 0.05) is 25.0 Å². The molecule has 27 heavy (non-hydrogen) atoms. The lowest BCUT2D eigenvalue weighted by Crippen LogP contribution is -2.36. The van der Waals surface area contributed by atoms with Crippen molar-refractivity contribution in [2.75, 3.05) is 23.5 Å². The molecule has 2 aliphatic rings. The molecule has 0 spiro atoms. The molecule has 2 heterocycles. The molecule has 0 radical (unpaired) electrons. The van der Waals surface area contributed by atoms with Crippen LogP contribution in [0.4, 0.5) is 11.4 Å². The molecule has 7 nitrogen and oxygen atoms in total. The maximum Gasteiger partial charge on any atom is 0.271 e. The highest BCUT2D eigenvalue weighted by Gasteiger charge is 2.26. The number of anilines is 2. The smallest absolute Gasteiger partial charge is 0.271 e. The second-order valence-corrected chi connectivity index (χ2v) is 6.42. The fourth-order valence-corrected chi connectivity index (χ4v) is 3.04. The number of hydrazone groups is 1. The van der Waals surface area contributed by atoms with Crippen LogP contribution < -0.4 is 19.8 Å². The van der Waals surface area contributed by atoms with E-state index < -0.39 is 5.91 Å². The molecular formula is C19H16ClN3O4. The van der Waals surface area contributed by atoms with Crippen molar-refractivity contribution in [2.24, 2.45) is 5.10 Å². The van der Waals surface area contributed by atoms with E-state index in [0.717, 1.165) is 0 Å². The highest BCUT2D eigenvalue weighted by atomic mass is 35.5. The molecule has 0 saturated carbocycles. The van der Waals surface area contributed by atoms with Crippen LogP contribution in [0, 0.1) is 0 Å². The lowest BCUT2D eigenvalue weighted by Gasteiger charge is -2.23. The van der Waals surface area contributed by atoms with E-state index in [9.17, 15) is 9.59 Å². The molecule has 2 amide bonds. The Morgan fingerprint density at radius 3 is 2.52 bits per heavy atom. The van der Waals surface area contributed by atoms with Gasteiger partial charge in [-0.25, -0.2) is 5.01 Å². The molecule has 0 fully saturated rings. The van der Waals surface area contributed by atoms with Crippen molar-refractivity contribution in [3.8, 4) is 11.5 Å². The largest absolute Gasteiger partial charge is 0.486 e. The van der Waals surface area contributed by atoms with Crippen LogP contribution in [0.1, 0.15) is 12.8 Å². The Balaban J connectivity index is 1.57. The number of para-hydroxylation sites is 1. The van der Waals surface area contributed by atoms with E-state index in [2.05, 4.69) is 10.4 Å². The number of fused-ring (bicyclic) bond motifs is 1. The molecule has 138 valence electrons. The van der Waals surface area contributed by atoms with Gasteiger partial charge in [-0.3, -0.25) is 9.59 Å². The Labute approximate surface area is 160 Å². The van der Waals surface area contributed by atoms with Crippen LogP contribution in [-0.4, -0.2) is 30.7 Å². The van der Waals surface area contributed by atoms with Crippen LogP contribution in [0.15, 0.2) is 47.6 Å². The third-order valence-corrected chi connectivity index (χ3v) is 4.49. The molecule has 2 aliphatic heterocycles. The second kappa shape index (κ2) is 7.28. The van der Waals surface area contributed by atoms with E-state index in [1.165, 1.54) is 5.01 Å². The zero-order valence-electron chi connectivity index (χ0n) is 14.3. The van der Waals surface area contributed by atoms with Crippen LogP contribution in [0.5, 0.6) is 11.5 Å². The predicted molar refractivity (Wildman–Crippen MR) is 102 cm³/mol. The number of nitrogens with one attached hydrogen (secondary N) is 1. The molecule has 1 N–H and O–H groups in total. The molecule has 8 heteroatoms. The maximum atomic E-state index is 12.7. The summed E-state index contributed by atoms with van der Waals surface area (Å²) in [4.78, 5) is 24.8. The van der Waals surface area contributed by atoms with Crippen molar-refractivity contribution in [3.63, 3.8) is 0 Å². The first-order chi connectivity index (χ1) is 13.1. The van der Waals surface area contributed by atoms with Crippen LogP contribution in [-0.2, 0) is 9.59 Å². The number of hydrogen-bond donors (Lipinski definition) is 1. The number of amides is 2. The fourth-order valence-electron chi connectivity index (χ4n) is 2.84. The van der Waals surface area contributed by atoms with Gasteiger partial charge in [-0.1, -0.05) is 29.8 Å². The van der Waals surface area contributed by atoms with E-state index in [0.29, 0.717) is 41.1 Å². The molecule has 0 unspecified atom stereocenters. The van der Waals surface area contributed by atoms with Crippen LogP contribution in [0.3, 0.4) is 0 Å². The van der Waals surface area contributed by atoms with Crippen LogP contribution in [0.2, 0.25) is 5.02 Å². The highest BCUT2D eigenvalue weighted by molar-refractivity contribution is 6.45. The van der Waals surface area contributed by atoms with Gasteiger partial charge in [-0.05, 0) is 12.1 Å². The van der Waals surface area contributed by atoms with E-state index in [1.54, 1.807) is 36.4 Å². The van der Waals surface area contributed by atoms with Gasteiger partial charge >= 0.3 is 0 Å². The number of carbonyl (C=O) groups excluding carboxylic acids is 2. The predicted octanol–water partition coefficient (Wildman–Crippen LogP) is 3.23. The normalized spacial score (nSPS) is 16.0. The number of ether oxygens (including phenoxy) is 2. The number of halogens is 1. The number of benzene rings is 2. The topological polar surface area (TPSA) is 80.2 Å². The van der Waals surface area contributed by atoms with Crippen molar-refractivity contribution < 1.29 is 19.1 Å². The van der Waals surface area contributed by atoms with E-state index in [1.807, 2.05) is 6.07 Å². The third-order valence-electron chi connectivity index (χ3n) is 4.18. The average Bonchev–Trinajstić information content (AvgIpc) is 2.69. The molecule has 0 aliphatic carbocycles. The minimum atomic E-state index is -0.415. The average molecular weight is 386 g/mol. The van der Waals surface area contributed by atoms with Crippen LogP contribution in [0.25, 0.3) is 0 Å². The summed E-state index contributed by atoms with van der Waals surface area (Å²) in [6.07, 6.45) is 0.464. The minimum Gasteiger partial charge on any atom is -0.486 e. The number of nitrogens with zero attached hydrogens (tertiary/aromatic N) is 2. The van der Waals surface area contributed by atoms with Crippen molar-refractivity contribution >= 4 is 40.5 Å². The van der Waals surface area contributed by atoms with Gasteiger partial charge < -0.3 is 14.8 Å². The first kappa shape index (κ1) is 17.4. The molecule has 0 saturated heterocycles. The zero-order valence-corrected chi connectivity index (χ0v) is 15.0. The van der Waals surface area contributed by atoms with E-state index in [4.69, 9.17) is 21.1 Å². The van der Waals surface area contributed by atoms with Crippen molar-refractivity contribution in [1.82, 2.24) is 0 Å². The number of hydrogen-bond acceptors (Lipinski definition) is 5. The van der Waals surface area contributed by atoms with E-state index >= 15 is 0 Å². The van der Waals surface area contributed by atoms with Gasteiger partial charge in [0.15, 0.2) is 11.5 Å². The lowest BCUT2D eigenvalue weighted by atomic mass is 10.1. The summed E-state index contributed by atoms with van der Waals surface area (Å²) in [6, 6.07) is 12.2. The standard InChI is InChI=1S/C19H16ClN3O4/c20-13-10-16-17(27-9-8-26-16)11-15(13)21-19(25)14-6-7-18(24)23(22-14)12-4-2-1-3-5-12/h1-5,10-11H,6-9H2,(H,21,25). The highest BCUT2D eigenvalue weighted by Crippen LogP contribution is 2.38. The molecule has 0 atom stereocenters. The zero-order chi connectivity index (χ0) is 18.8. The Bertz CT molecular complexity index is 930.